The maximum absolute atomic E-state index is 10.2. The molecule has 0 heterocycles. The smallest absolute Gasteiger partial charge is 0.0821 e. The zero-order valence-electron chi connectivity index (χ0n) is 8.82. The molecule has 0 fully saturated rings. The lowest BCUT2D eigenvalue weighted by Gasteiger charge is -2.34. The Kier molecular flexibility index (Phi) is 2.14. The van der Waals surface area contributed by atoms with Crippen LogP contribution in [0.2, 0.25) is 0 Å². The van der Waals surface area contributed by atoms with Gasteiger partial charge in [0.05, 0.1) is 6.10 Å². The largest absolute Gasteiger partial charge is 0.388 e. The highest BCUT2D eigenvalue weighted by molar-refractivity contribution is 5.42. The molecule has 0 radical (unpaired) electrons. The first-order chi connectivity index (χ1) is 7.36. The standard InChI is InChI=1S/C14H16O/c15-14(10-5-1-2-6-10)13-9-11-7-3-4-8-12(11)13/h3-5,7-8,13-15H,1-2,6,9H2. The fourth-order valence-corrected chi connectivity index (χ4v) is 2.80. The summed E-state index contributed by atoms with van der Waals surface area (Å²) in [5, 5.41) is 10.2. The third-order valence-corrected chi connectivity index (χ3v) is 3.73. The van der Waals surface area contributed by atoms with E-state index in [4.69, 9.17) is 0 Å². The van der Waals surface area contributed by atoms with Crippen LogP contribution in [-0.2, 0) is 6.42 Å². The molecule has 0 aromatic heterocycles. The van der Waals surface area contributed by atoms with Gasteiger partial charge in [-0.05, 0) is 42.4 Å². The van der Waals surface area contributed by atoms with E-state index in [0.29, 0.717) is 5.92 Å². The van der Waals surface area contributed by atoms with E-state index in [1.54, 1.807) is 0 Å². The van der Waals surface area contributed by atoms with Crippen LogP contribution in [-0.4, -0.2) is 11.2 Å². The average molecular weight is 200 g/mol. The predicted molar refractivity (Wildman–Crippen MR) is 60.8 cm³/mol. The predicted octanol–water partition coefficient (Wildman–Crippen LogP) is 2.80. The van der Waals surface area contributed by atoms with E-state index in [1.807, 2.05) is 0 Å². The molecule has 1 N–H and O–H groups in total. The van der Waals surface area contributed by atoms with Crippen molar-refractivity contribution in [2.45, 2.75) is 37.7 Å². The third kappa shape index (κ3) is 1.42. The zero-order chi connectivity index (χ0) is 10.3. The molecule has 2 aliphatic rings. The molecule has 1 aromatic rings. The number of fused-ring (bicyclic) bond motifs is 1. The topological polar surface area (TPSA) is 20.2 Å². The van der Waals surface area contributed by atoms with Crippen LogP contribution >= 0.6 is 0 Å². The van der Waals surface area contributed by atoms with Crippen LogP contribution in [0.15, 0.2) is 35.9 Å². The fraction of sp³-hybridized carbons (Fsp3) is 0.429. The van der Waals surface area contributed by atoms with Crippen LogP contribution in [0.4, 0.5) is 0 Å². The first kappa shape index (κ1) is 9.17. The summed E-state index contributed by atoms with van der Waals surface area (Å²) >= 11 is 0. The first-order valence-electron chi connectivity index (χ1n) is 5.81. The van der Waals surface area contributed by atoms with Crippen molar-refractivity contribution in [3.63, 3.8) is 0 Å². The Balaban J connectivity index is 1.81. The summed E-state index contributed by atoms with van der Waals surface area (Å²) in [5.41, 5.74) is 4.05. The lowest BCUT2D eigenvalue weighted by Crippen LogP contribution is -2.29. The van der Waals surface area contributed by atoms with Crippen LogP contribution in [0.1, 0.15) is 36.3 Å². The van der Waals surface area contributed by atoms with Crippen LogP contribution in [0.3, 0.4) is 0 Å². The van der Waals surface area contributed by atoms with Crippen molar-refractivity contribution in [1.29, 1.82) is 0 Å². The lowest BCUT2D eigenvalue weighted by molar-refractivity contribution is 0.164. The SMILES string of the molecule is OC(C1=CCCC1)C1Cc2ccccc21. The number of allylic oxidation sites excluding steroid dienone is 1. The highest BCUT2D eigenvalue weighted by Crippen LogP contribution is 2.41. The van der Waals surface area contributed by atoms with Gasteiger partial charge in [0.15, 0.2) is 0 Å². The third-order valence-electron chi connectivity index (χ3n) is 3.73. The molecule has 0 saturated carbocycles. The fourth-order valence-electron chi connectivity index (χ4n) is 2.80. The maximum Gasteiger partial charge on any atom is 0.0821 e. The molecule has 1 aromatic carbocycles. The molecule has 0 bridgehead atoms. The van der Waals surface area contributed by atoms with Gasteiger partial charge in [-0.25, -0.2) is 0 Å². The molecule has 0 saturated heterocycles. The Hall–Kier alpha value is -1.08. The van der Waals surface area contributed by atoms with Crippen LogP contribution in [0.5, 0.6) is 0 Å². The van der Waals surface area contributed by atoms with Crippen molar-refractivity contribution < 1.29 is 5.11 Å². The minimum absolute atomic E-state index is 0.220. The van der Waals surface area contributed by atoms with Gasteiger partial charge in [-0.3, -0.25) is 0 Å². The van der Waals surface area contributed by atoms with Gasteiger partial charge in [0, 0.05) is 5.92 Å². The molecule has 1 heteroatoms. The van der Waals surface area contributed by atoms with E-state index >= 15 is 0 Å². The number of aliphatic hydroxyl groups is 1. The minimum atomic E-state index is -0.220. The van der Waals surface area contributed by atoms with Crippen molar-refractivity contribution in [2.24, 2.45) is 0 Å². The van der Waals surface area contributed by atoms with Gasteiger partial charge < -0.3 is 5.11 Å². The molecule has 2 aliphatic carbocycles. The summed E-state index contributed by atoms with van der Waals surface area (Å²) in [5.74, 6) is 0.366. The van der Waals surface area contributed by atoms with E-state index in [0.717, 1.165) is 19.3 Å². The normalized spacial score (nSPS) is 25.4. The van der Waals surface area contributed by atoms with Gasteiger partial charge in [0.2, 0.25) is 0 Å². The van der Waals surface area contributed by atoms with E-state index in [9.17, 15) is 5.11 Å². The Labute approximate surface area is 90.4 Å². The summed E-state index contributed by atoms with van der Waals surface area (Å²) in [4.78, 5) is 0. The number of benzene rings is 1. The summed E-state index contributed by atoms with van der Waals surface area (Å²) < 4.78 is 0. The molecule has 0 spiro atoms. The van der Waals surface area contributed by atoms with Gasteiger partial charge in [-0.1, -0.05) is 30.3 Å². The highest BCUT2D eigenvalue weighted by Gasteiger charge is 2.33. The summed E-state index contributed by atoms with van der Waals surface area (Å²) in [6, 6.07) is 8.47. The van der Waals surface area contributed by atoms with Gasteiger partial charge >= 0.3 is 0 Å². The lowest BCUT2D eigenvalue weighted by atomic mass is 9.73. The van der Waals surface area contributed by atoms with Crippen molar-refractivity contribution >= 4 is 0 Å². The molecule has 2 unspecified atom stereocenters. The molecule has 15 heavy (non-hydrogen) atoms. The average Bonchev–Trinajstić information content (AvgIpc) is 2.72. The minimum Gasteiger partial charge on any atom is -0.388 e. The Morgan fingerprint density at radius 1 is 1.27 bits per heavy atom. The van der Waals surface area contributed by atoms with E-state index in [-0.39, 0.29) is 6.10 Å². The van der Waals surface area contributed by atoms with Gasteiger partial charge in [0.1, 0.15) is 0 Å². The molecule has 3 rings (SSSR count). The maximum atomic E-state index is 10.2. The number of aliphatic hydroxyl groups excluding tert-OH is 1. The number of rotatable bonds is 2. The van der Waals surface area contributed by atoms with Crippen LogP contribution < -0.4 is 0 Å². The molecule has 2 atom stereocenters. The van der Waals surface area contributed by atoms with E-state index < -0.39 is 0 Å². The second kappa shape index (κ2) is 3.49. The summed E-state index contributed by atoms with van der Waals surface area (Å²) in [6.07, 6.45) is 6.53. The Bertz CT molecular complexity index is 406. The molecular weight excluding hydrogens is 184 g/mol. The summed E-state index contributed by atoms with van der Waals surface area (Å²) in [6.45, 7) is 0. The number of hydrogen-bond donors (Lipinski definition) is 1. The van der Waals surface area contributed by atoms with E-state index in [1.165, 1.54) is 23.1 Å². The monoisotopic (exact) mass is 200 g/mol. The van der Waals surface area contributed by atoms with Crippen molar-refractivity contribution in [3.8, 4) is 0 Å². The van der Waals surface area contributed by atoms with Crippen molar-refractivity contribution in [2.75, 3.05) is 0 Å². The molecular formula is C14H16O. The Morgan fingerprint density at radius 2 is 2.13 bits per heavy atom. The number of hydrogen-bond acceptors (Lipinski definition) is 1. The van der Waals surface area contributed by atoms with Crippen molar-refractivity contribution in [1.82, 2.24) is 0 Å². The first-order valence-corrected chi connectivity index (χ1v) is 5.81. The molecule has 0 amide bonds. The van der Waals surface area contributed by atoms with E-state index in [2.05, 4.69) is 30.3 Å². The van der Waals surface area contributed by atoms with Gasteiger partial charge in [-0.2, -0.15) is 0 Å². The second-order valence-electron chi connectivity index (χ2n) is 4.63. The van der Waals surface area contributed by atoms with Gasteiger partial charge in [0.25, 0.3) is 0 Å². The highest BCUT2D eigenvalue weighted by atomic mass is 16.3. The van der Waals surface area contributed by atoms with Crippen LogP contribution in [0.25, 0.3) is 0 Å². The van der Waals surface area contributed by atoms with Crippen molar-refractivity contribution in [3.05, 3.63) is 47.0 Å². The van der Waals surface area contributed by atoms with Crippen LogP contribution in [0, 0.1) is 0 Å². The zero-order valence-corrected chi connectivity index (χ0v) is 8.82. The summed E-state index contributed by atoms with van der Waals surface area (Å²) in [7, 11) is 0. The second-order valence-corrected chi connectivity index (χ2v) is 4.63. The quantitative estimate of drug-likeness (QED) is 0.728. The molecule has 0 aliphatic heterocycles. The Morgan fingerprint density at radius 3 is 2.87 bits per heavy atom. The van der Waals surface area contributed by atoms with Gasteiger partial charge in [-0.15, -0.1) is 0 Å². The molecule has 78 valence electrons. The molecule has 1 nitrogen and oxygen atoms in total.